The van der Waals surface area contributed by atoms with E-state index in [-0.39, 0.29) is 5.78 Å². The first kappa shape index (κ1) is 12.3. The van der Waals surface area contributed by atoms with Crippen molar-refractivity contribution in [3.63, 3.8) is 0 Å². The molecule has 0 saturated carbocycles. The third-order valence-electron chi connectivity index (χ3n) is 3.41. The molecule has 1 aromatic heterocycles. The van der Waals surface area contributed by atoms with E-state index in [9.17, 15) is 4.79 Å². The largest absolute Gasteiger partial charge is 0.461 e. The summed E-state index contributed by atoms with van der Waals surface area (Å²) in [6.07, 6.45) is 3.92. The lowest BCUT2D eigenvalue weighted by Crippen LogP contribution is -2.46. The van der Waals surface area contributed by atoms with Gasteiger partial charge in [0, 0.05) is 12.6 Å². The summed E-state index contributed by atoms with van der Waals surface area (Å²) in [5.74, 6) is 0.520. The molecule has 1 aromatic rings. The van der Waals surface area contributed by atoms with Gasteiger partial charge in [-0.1, -0.05) is 0 Å². The molecule has 2 rings (SSSR count). The van der Waals surface area contributed by atoms with Crippen LogP contribution >= 0.6 is 0 Å². The minimum atomic E-state index is 0.0609. The third-order valence-corrected chi connectivity index (χ3v) is 3.41. The molecule has 1 unspecified atom stereocenters. The predicted octanol–water partition coefficient (Wildman–Crippen LogP) is 1.49. The Labute approximate surface area is 102 Å². The van der Waals surface area contributed by atoms with Gasteiger partial charge < -0.3 is 9.32 Å². The highest BCUT2D eigenvalue weighted by Gasteiger charge is 2.23. The maximum Gasteiger partial charge on any atom is 0.211 e. The van der Waals surface area contributed by atoms with Gasteiger partial charge in [-0.3, -0.25) is 9.69 Å². The lowest BCUT2D eigenvalue weighted by Gasteiger charge is -2.35. The van der Waals surface area contributed by atoms with E-state index in [1.807, 2.05) is 7.05 Å². The monoisotopic (exact) mass is 236 g/mol. The summed E-state index contributed by atoms with van der Waals surface area (Å²) in [5.41, 5.74) is 0. The fraction of sp³-hybridized carbons (Fsp3) is 0.615. The SMILES string of the molecule is CN1CCCC(N(C)CC(=O)c2ccco2)C1. The Balaban J connectivity index is 1.88. The standard InChI is InChI=1S/C13H20N2O2/c1-14-7-3-5-11(9-14)15(2)10-12(16)13-6-4-8-17-13/h4,6,8,11H,3,5,7,9-10H2,1-2H3. The number of Topliss-reactive ketones (excluding diaryl/α,β-unsaturated/α-hetero) is 1. The van der Waals surface area contributed by atoms with E-state index in [1.54, 1.807) is 18.4 Å². The number of ketones is 1. The molecule has 0 N–H and O–H groups in total. The van der Waals surface area contributed by atoms with Crippen molar-refractivity contribution in [1.29, 1.82) is 0 Å². The molecule has 1 fully saturated rings. The zero-order valence-corrected chi connectivity index (χ0v) is 10.6. The van der Waals surface area contributed by atoms with Gasteiger partial charge in [0.15, 0.2) is 5.76 Å². The fourth-order valence-electron chi connectivity index (χ4n) is 2.37. The van der Waals surface area contributed by atoms with Gasteiger partial charge in [-0.2, -0.15) is 0 Å². The van der Waals surface area contributed by atoms with Crippen LogP contribution in [-0.4, -0.2) is 55.4 Å². The molecule has 1 atom stereocenters. The average Bonchev–Trinajstić information content (AvgIpc) is 2.82. The first-order chi connectivity index (χ1) is 8.16. The van der Waals surface area contributed by atoms with E-state index in [4.69, 9.17) is 4.42 Å². The van der Waals surface area contributed by atoms with Crippen molar-refractivity contribution >= 4 is 5.78 Å². The summed E-state index contributed by atoms with van der Waals surface area (Å²) < 4.78 is 5.12. The first-order valence-electron chi connectivity index (χ1n) is 6.12. The second kappa shape index (κ2) is 5.47. The number of likely N-dealkylation sites (N-methyl/N-ethyl adjacent to an activating group) is 2. The van der Waals surface area contributed by atoms with Crippen LogP contribution in [0.4, 0.5) is 0 Å². The quantitative estimate of drug-likeness (QED) is 0.742. The number of carbonyl (C=O) groups is 1. The van der Waals surface area contributed by atoms with Crippen LogP contribution < -0.4 is 0 Å². The van der Waals surface area contributed by atoms with Crippen LogP contribution in [-0.2, 0) is 0 Å². The summed E-state index contributed by atoms with van der Waals surface area (Å²) >= 11 is 0. The van der Waals surface area contributed by atoms with Crippen LogP contribution in [0.25, 0.3) is 0 Å². The Kier molecular flexibility index (Phi) is 3.97. The molecule has 0 aliphatic carbocycles. The first-order valence-corrected chi connectivity index (χ1v) is 6.12. The lowest BCUT2D eigenvalue weighted by atomic mass is 10.0. The van der Waals surface area contributed by atoms with Gasteiger partial charge in [-0.15, -0.1) is 0 Å². The number of nitrogens with zero attached hydrogens (tertiary/aromatic N) is 2. The molecule has 1 aliphatic heterocycles. The topological polar surface area (TPSA) is 36.7 Å². The molecule has 4 heteroatoms. The Morgan fingerprint density at radius 1 is 1.65 bits per heavy atom. The van der Waals surface area contributed by atoms with Crippen molar-refractivity contribution in [2.45, 2.75) is 18.9 Å². The molecule has 94 valence electrons. The number of piperidine rings is 1. The molecule has 0 bridgehead atoms. The Morgan fingerprint density at radius 2 is 2.47 bits per heavy atom. The van der Waals surface area contributed by atoms with Gasteiger partial charge in [0.05, 0.1) is 12.8 Å². The van der Waals surface area contributed by atoms with Crippen molar-refractivity contribution in [2.24, 2.45) is 0 Å². The van der Waals surface area contributed by atoms with Gasteiger partial charge in [0.25, 0.3) is 0 Å². The minimum absolute atomic E-state index is 0.0609. The lowest BCUT2D eigenvalue weighted by molar-refractivity contribution is 0.0832. The molecule has 0 amide bonds. The molecule has 17 heavy (non-hydrogen) atoms. The summed E-state index contributed by atoms with van der Waals surface area (Å²) in [6.45, 7) is 2.64. The van der Waals surface area contributed by atoms with E-state index in [1.165, 1.54) is 12.8 Å². The van der Waals surface area contributed by atoms with E-state index >= 15 is 0 Å². The maximum absolute atomic E-state index is 11.9. The number of hydrogen-bond donors (Lipinski definition) is 0. The number of furan rings is 1. The highest BCUT2D eigenvalue weighted by molar-refractivity contribution is 5.94. The summed E-state index contributed by atoms with van der Waals surface area (Å²) in [5, 5.41) is 0. The Bertz CT molecular complexity index is 362. The fourth-order valence-corrected chi connectivity index (χ4v) is 2.37. The van der Waals surface area contributed by atoms with Gasteiger partial charge in [-0.05, 0) is 45.6 Å². The molecule has 0 spiro atoms. The van der Waals surface area contributed by atoms with Crippen LogP contribution in [0.2, 0.25) is 0 Å². The van der Waals surface area contributed by atoms with Crippen LogP contribution in [0.15, 0.2) is 22.8 Å². The highest BCUT2D eigenvalue weighted by atomic mass is 16.3. The zero-order valence-electron chi connectivity index (χ0n) is 10.6. The number of likely N-dealkylation sites (tertiary alicyclic amines) is 1. The Morgan fingerprint density at radius 3 is 3.12 bits per heavy atom. The van der Waals surface area contributed by atoms with Crippen molar-refractivity contribution in [3.8, 4) is 0 Å². The van der Waals surface area contributed by atoms with E-state index < -0.39 is 0 Å². The predicted molar refractivity (Wildman–Crippen MR) is 66.2 cm³/mol. The molecule has 0 radical (unpaired) electrons. The normalized spacial score (nSPS) is 21.9. The third kappa shape index (κ3) is 3.17. The molecule has 2 heterocycles. The number of carbonyl (C=O) groups excluding carboxylic acids is 1. The molecular formula is C13H20N2O2. The van der Waals surface area contributed by atoms with Crippen molar-refractivity contribution in [3.05, 3.63) is 24.2 Å². The van der Waals surface area contributed by atoms with E-state index in [2.05, 4.69) is 16.8 Å². The van der Waals surface area contributed by atoms with Gasteiger partial charge >= 0.3 is 0 Å². The van der Waals surface area contributed by atoms with Crippen LogP contribution in [0.1, 0.15) is 23.4 Å². The van der Waals surface area contributed by atoms with Crippen molar-refractivity contribution in [1.82, 2.24) is 9.80 Å². The van der Waals surface area contributed by atoms with Crippen molar-refractivity contribution < 1.29 is 9.21 Å². The smallest absolute Gasteiger partial charge is 0.211 e. The van der Waals surface area contributed by atoms with E-state index in [0.29, 0.717) is 18.3 Å². The number of hydrogen-bond acceptors (Lipinski definition) is 4. The highest BCUT2D eigenvalue weighted by Crippen LogP contribution is 2.14. The molecule has 1 saturated heterocycles. The molecular weight excluding hydrogens is 216 g/mol. The second-order valence-electron chi connectivity index (χ2n) is 4.87. The maximum atomic E-state index is 11.9. The molecule has 0 aromatic carbocycles. The summed E-state index contributed by atoms with van der Waals surface area (Å²) in [4.78, 5) is 16.4. The minimum Gasteiger partial charge on any atom is -0.461 e. The molecule has 4 nitrogen and oxygen atoms in total. The molecule has 1 aliphatic rings. The van der Waals surface area contributed by atoms with Crippen LogP contribution in [0, 0.1) is 0 Å². The summed E-state index contributed by atoms with van der Waals surface area (Å²) in [6, 6.07) is 3.96. The summed E-state index contributed by atoms with van der Waals surface area (Å²) in [7, 11) is 4.15. The van der Waals surface area contributed by atoms with Gasteiger partial charge in [0.2, 0.25) is 5.78 Å². The van der Waals surface area contributed by atoms with Crippen LogP contribution in [0.5, 0.6) is 0 Å². The van der Waals surface area contributed by atoms with Crippen LogP contribution in [0.3, 0.4) is 0 Å². The van der Waals surface area contributed by atoms with Gasteiger partial charge in [-0.25, -0.2) is 0 Å². The second-order valence-corrected chi connectivity index (χ2v) is 4.87. The van der Waals surface area contributed by atoms with Gasteiger partial charge in [0.1, 0.15) is 0 Å². The average molecular weight is 236 g/mol. The number of rotatable bonds is 4. The Hall–Kier alpha value is -1.13. The van der Waals surface area contributed by atoms with Crippen molar-refractivity contribution in [2.75, 3.05) is 33.7 Å². The van der Waals surface area contributed by atoms with E-state index in [0.717, 1.165) is 13.1 Å². The zero-order chi connectivity index (χ0) is 12.3.